The Balaban J connectivity index is 2.38. The van der Waals surface area contributed by atoms with Crippen molar-refractivity contribution in [2.75, 3.05) is 6.54 Å². The number of benzene rings is 2. The Bertz CT molecular complexity index is 546. The summed E-state index contributed by atoms with van der Waals surface area (Å²) in [5, 5.41) is 3.56. The first-order chi connectivity index (χ1) is 9.11. The first-order valence-corrected chi connectivity index (χ1v) is 7.47. The first kappa shape index (κ1) is 14.3. The van der Waals surface area contributed by atoms with Crippen LogP contribution in [0.25, 0.3) is 0 Å². The fraction of sp³-hybridized carbons (Fsp3) is 0.294. The highest BCUT2D eigenvalue weighted by Gasteiger charge is 2.13. The summed E-state index contributed by atoms with van der Waals surface area (Å²) in [6.07, 6.45) is 0. The Labute approximate surface area is 124 Å². The molecule has 1 nitrogen and oxygen atoms in total. The first-order valence-electron chi connectivity index (χ1n) is 6.68. The van der Waals surface area contributed by atoms with E-state index in [1.807, 2.05) is 0 Å². The van der Waals surface area contributed by atoms with Gasteiger partial charge in [0.1, 0.15) is 0 Å². The van der Waals surface area contributed by atoms with Crippen molar-refractivity contribution in [3.63, 3.8) is 0 Å². The lowest BCUT2D eigenvalue weighted by Gasteiger charge is -2.20. The van der Waals surface area contributed by atoms with Crippen LogP contribution in [0.4, 0.5) is 0 Å². The van der Waals surface area contributed by atoms with Crippen molar-refractivity contribution in [3.8, 4) is 0 Å². The minimum Gasteiger partial charge on any atom is -0.307 e. The van der Waals surface area contributed by atoms with Crippen LogP contribution in [-0.2, 0) is 0 Å². The summed E-state index contributed by atoms with van der Waals surface area (Å²) in [5.74, 6) is 0. The van der Waals surface area contributed by atoms with E-state index in [0.29, 0.717) is 0 Å². The molecule has 0 radical (unpaired) electrons. The van der Waals surface area contributed by atoms with Gasteiger partial charge in [-0.15, -0.1) is 0 Å². The standard InChI is InChI=1S/C17H20BrN/c1-4-19-17(14-8-5-12(2)6-9-14)15-10-7-13(3)16(18)11-15/h5-11,17,19H,4H2,1-3H3. The monoisotopic (exact) mass is 317 g/mol. The SMILES string of the molecule is CCNC(c1ccc(C)cc1)c1ccc(C)c(Br)c1. The van der Waals surface area contributed by atoms with Crippen LogP contribution in [0.15, 0.2) is 46.9 Å². The van der Waals surface area contributed by atoms with Crippen LogP contribution in [0.2, 0.25) is 0 Å². The third-order valence-electron chi connectivity index (χ3n) is 3.35. The number of halogens is 1. The van der Waals surface area contributed by atoms with Gasteiger partial charge in [-0.05, 0) is 43.1 Å². The minimum atomic E-state index is 0.252. The molecule has 0 spiro atoms. The van der Waals surface area contributed by atoms with E-state index in [9.17, 15) is 0 Å². The fourth-order valence-corrected chi connectivity index (χ4v) is 2.58. The van der Waals surface area contributed by atoms with Crippen molar-refractivity contribution in [1.29, 1.82) is 0 Å². The lowest BCUT2D eigenvalue weighted by atomic mass is 9.97. The van der Waals surface area contributed by atoms with Crippen molar-refractivity contribution in [2.45, 2.75) is 26.8 Å². The van der Waals surface area contributed by atoms with Gasteiger partial charge in [-0.2, -0.15) is 0 Å². The third kappa shape index (κ3) is 3.46. The Morgan fingerprint density at radius 2 is 1.63 bits per heavy atom. The van der Waals surface area contributed by atoms with Crippen LogP contribution in [0.1, 0.15) is 35.2 Å². The van der Waals surface area contributed by atoms with E-state index in [2.05, 4.69) is 84.5 Å². The van der Waals surface area contributed by atoms with Crippen molar-refractivity contribution in [1.82, 2.24) is 5.32 Å². The van der Waals surface area contributed by atoms with Gasteiger partial charge in [-0.3, -0.25) is 0 Å². The highest BCUT2D eigenvalue weighted by atomic mass is 79.9. The van der Waals surface area contributed by atoms with Gasteiger partial charge in [0.2, 0.25) is 0 Å². The molecule has 0 heterocycles. The average molecular weight is 318 g/mol. The number of hydrogen-bond acceptors (Lipinski definition) is 1. The molecule has 19 heavy (non-hydrogen) atoms. The van der Waals surface area contributed by atoms with Crippen LogP contribution >= 0.6 is 15.9 Å². The largest absolute Gasteiger partial charge is 0.307 e. The van der Waals surface area contributed by atoms with Crippen LogP contribution in [-0.4, -0.2) is 6.54 Å². The van der Waals surface area contributed by atoms with E-state index in [0.717, 1.165) is 6.54 Å². The number of rotatable bonds is 4. The molecule has 0 bridgehead atoms. The molecule has 2 heteroatoms. The molecule has 2 rings (SSSR count). The smallest absolute Gasteiger partial charge is 0.0577 e. The summed E-state index contributed by atoms with van der Waals surface area (Å²) < 4.78 is 1.17. The molecule has 0 aromatic heterocycles. The second-order valence-electron chi connectivity index (χ2n) is 4.91. The molecule has 0 amide bonds. The van der Waals surface area contributed by atoms with Crippen LogP contribution in [0.3, 0.4) is 0 Å². The summed E-state index contributed by atoms with van der Waals surface area (Å²) in [4.78, 5) is 0. The molecule has 100 valence electrons. The molecule has 1 N–H and O–H groups in total. The quantitative estimate of drug-likeness (QED) is 0.856. The lowest BCUT2D eigenvalue weighted by Crippen LogP contribution is -2.22. The topological polar surface area (TPSA) is 12.0 Å². The van der Waals surface area contributed by atoms with E-state index >= 15 is 0 Å². The second kappa shape index (κ2) is 6.36. The zero-order valence-corrected chi connectivity index (χ0v) is 13.3. The Hall–Kier alpha value is -1.12. The predicted molar refractivity (Wildman–Crippen MR) is 85.6 cm³/mol. The summed E-state index contributed by atoms with van der Waals surface area (Å²) in [6, 6.07) is 15.6. The zero-order chi connectivity index (χ0) is 13.8. The highest BCUT2D eigenvalue weighted by molar-refractivity contribution is 9.10. The molecule has 1 atom stereocenters. The van der Waals surface area contributed by atoms with Crippen molar-refractivity contribution in [2.24, 2.45) is 0 Å². The molecule has 0 aliphatic heterocycles. The summed E-state index contributed by atoms with van der Waals surface area (Å²) in [6.45, 7) is 7.32. The molecule has 0 aliphatic carbocycles. The maximum absolute atomic E-state index is 3.62. The van der Waals surface area contributed by atoms with Crippen molar-refractivity contribution in [3.05, 3.63) is 69.2 Å². The maximum atomic E-state index is 3.62. The molecular formula is C17H20BrN. The molecule has 0 aliphatic rings. The third-order valence-corrected chi connectivity index (χ3v) is 4.20. The summed E-state index contributed by atoms with van der Waals surface area (Å²) in [5.41, 5.74) is 5.17. The lowest BCUT2D eigenvalue weighted by molar-refractivity contribution is 0.630. The van der Waals surface area contributed by atoms with E-state index < -0.39 is 0 Å². The Kier molecular flexibility index (Phi) is 4.78. The second-order valence-corrected chi connectivity index (χ2v) is 5.76. The van der Waals surface area contributed by atoms with E-state index in [1.165, 1.54) is 26.7 Å². The number of nitrogens with one attached hydrogen (secondary N) is 1. The van der Waals surface area contributed by atoms with Crippen molar-refractivity contribution < 1.29 is 0 Å². The van der Waals surface area contributed by atoms with Gasteiger partial charge >= 0.3 is 0 Å². The Morgan fingerprint density at radius 1 is 1.00 bits per heavy atom. The fourth-order valence-electron chi connectivity index (χ4n) is 2.18. The van der Waals surface area contributed by atoms with Crippen LogP contribution < -0.4 is 5.32 Å². The normalized spacial score (nSPS) is 12.4. The molecule has 0 fully saturated rings. The van der Waals surface area contributed by atoms with Gasteiger partial charge in [0.15, 0.2) is 0 Å². The average Bonchev–Trinajstić information content (AvgIpc) is 2.41. The predicted octanol–water partition coefficient (Wildman–Crippen LogP) is 4.76. The van der Waals surface area contributed by atoms with Gasteiger partial charge in [0.05, 0.1) is 6.04 Å². The highest BCUT2D eigenvalue weighted by Crippen LogP contribution is 2.26. The van der Waals surface area contributed by atoms with E-state index in [4.69, 9.17) is 0 Å². The van der Waals surface area contributed by atoms with Gasteiger partial charge in [0, 0.05) is 4.47 Å². The van der Waals surface area contributed by atoms with Crippen molar-refractivity contribution >= 4 is 15.9 Å². The zero-order valence-electron chi connectivity index (χ0n) is 11.7. The van der Waals surface area contributed by atoms with Crippen LogP contribution in [0.5, 0.6) is 0 Å². The minimum absolute atomic E-state index is 0.252. The molecule has 2 aromatic rings. The van der Waals surface area contributed by atoms with Gasteiger partial charge < -0.3 is 5.32 Å². The van der Waals surface area contributed by atoms with E-state index in [1.54, 1.807) is 0 Å². The molecule has 0 saturated carbocycles. The Morgan fingerprint density at radius 3 is 2.21 bits per heavy atom. The molecular weight excluding hydrogens is 298 g/mol. The maximum Gasteiger partial charge on any atom is 0.0577 e. The van der Waals surface area contributed by atoms with Gasteiger partial charge in [0.25, 0.3) is 0 Å². The van der Waals surface area contributed by atoms with Crippen LogP contribution in [0, 0.1) is 13.8 Å². The number of aryl methyl sites for hydroxylation is 2. The number of hydrogen-bond donors (Lipinski definition) is 1. The molecule has 1 unspecified atom stereocenters. The van der Waals surface area contributed by atoms with E-state index in [-0.39, 0.29) is 6.04 Å². The summed E-state index contributed by atoms with van der Waals surface area (Å²) in [7, 11) is 0. The van der Waals surface area contributed by atoms with Gasteiger partial charge in [-0.1, -0.05) is 64.8 Å². The molecule has 0 saturated heterocycles. The molecule has 2 aromatic carbocycles. The summed E-state index contributed by atoms with van der Waals surface area (Å²) >= 11 is 3.62. The van der Waals surface area contributed by atoms with Gasteiger partial charge in [-0.25, -0.2) is 0 Å².